The zero-order valence-electron chi connectivity index (χ0n) is 15.1. The molecule has 7 nitrogen and oxygen atoms in total. The molecule has 0 aromatic carbocycles. The van der Waals surface area contributed by atoms with E-state index in [2.05, 4.69) is 10.6 Å². The van der Waals surface area contributed by atoms with E-state index in [1.165, 1.54) is 0 Å². The van der Waals surface area contributed by atoms with E-state index in [4.69, 9.17) is 4.98 Å². The van der Waals surface area contributed by atoms with Crippen LogP contribution in [0.2, 0.25) is 0 Å². The molecule has 0 saturated carbocycles. The monoisotopic (exact) mass is 333 g/mol. The first-order valence-electron chi connectivity index (χ1n) is 8.31. The summed E-state index contributed by atoms with van der Waals surface area (Å²) in [5.74, 6) is 0.515. The van der Waals surface area contributed by atoms with E-state index >= 15 is 0 Å². The van der Waals surface area contributed by atoms with Crippen molar-refractivity contribution < 1.29 is 9.59 Å². The minimum absolute atomic E-state index is 0.0443. The fourth-order valence-corrected chi connectivity index (χ4v) is 2.81. The molecule has 3 amide bonds. The molecule has 0 spiro atoms. The first-order valence-corrected chi connectivity index (χ1v) is 8.31. The molecule has 0 radical (unpaired) electrons. The van der Waals surface area contributed by atoms with Crippen LogP contribution in [0.15, 0.2) is 6.07 Å². The number of pyridine rings is 1. The molecule has 2 heterocycles. The van der Waals surface area contributed by atoms with Gasteiger partial charge in [0.05, 0.1) is 5.56 Å². The van der Waals surface area contributed by atoms with Gasteiger partial charge in [-0.3, -0.25) is 4.79 Å². The van der Waals surface area contributed by atoms with E-state index in [0.29, 0.717) is 37.3 Å². The standard InChI is InChI=1S/C17H27N5O2/c1-11(2)19-17(24)22-8-6-12-10-13(16(23)18-3)15(21(4)5)20-14(12)7-9-22/h10-11H,6-9H2,1-5H3,(H,18,23)(H,19,24). The quantitative estimate of drug-likeness (QED) is 0.866. The summed E-state index contributed by atoms with van der Waals surface area (Å²) in [5.41, 5.74) is 2.58. The van der Waals surface area contributed by atoms with Crippen molar-refractivity contribution >= 4 is 17.8 Å². The SMILES string of the molecule is CNC(=O)c1cc2c(nc1N(C)C)CCN(C(=O)NC(C)C)CC2. The van der Waals surface area contributed by atoms with Gasteiger partial charge in [-0.15, -0.1) is 0 Å². The number of carbonyl (C=O) groups is 2. The van der Waals surface area contributed by atoms with Gasteiger partial charge in [0.1, 0.15) is 5.82 Å². The maximum absolute atomic E-state index is 12.2. The molecule has 1 aromatic rings. The number of aromatic nitrogens is 1. The zero-order valence-corrected chi connectivity index (χ0v) is 15.1. The molecule has 0 aliphatic carbocycles. The van der Waals surface area contributed by atoms with E-state index in [1.54, 1.807) is 7.05 Å². The third-order valence-electron chi connectivity index (χ3n) is 4.04. The summed E-state index contributed by atoms with van der Waals surface area (Å²) in [6.07, 6.45) is 1.39. The number of rotatable bonds is 3. The molecule has 2 rings (SSSR count). The van der Waals surface area contributed by atoms with E-state index < -0.39 is 0 Å². The van der Waals surface area contributed by atoms with Crippen LogP contribution in [0.5, 0.6) is 0 Å². The van der Waals surface area contributed by atoms with E-state index in [0.717, 1.165) is 11.3 Å². The number of nitrogens with one attached hydrogen (secondary N) is 2. The van der Waals surface area contributed by atoms with Crippen molar-refractivity contribution in [2.75, 3.05) is 39.1 Å². The van der Waals surface area contributed by atoms with Gasteiger partial charge < -0.3 is 20.4 Å². The number of fused-ring (bicyclic) bond motifs is 1. The van der Waals surface area contributed by atoms with E-state index in [9.17, 15) is 9.59 Å². The number of carbonyl (C=O) groups excluding carboxylic acids is 2. The molecule has 0 unspecified atom stereocenters. The first-order chi connectivity index (χ1) is 11.3. The number of hydrogen-bond donors (Lipinski definition) is 2. The molecule has 7 heteroatoms. The molecule has 0 fully saturated rings. The largest absolute Gasteiger partial charge is 0.362 e. The number of anilines is 1. The summed E-state index contributed by atoms with van der Waals surface area (Å²) >= 11 is 0. The average Bonchev–Trinajstić information content (AvgIpc) is 2.74. The van der Waals surface area contributed by atoms with Crippen molar-refractivity contribution in [2.45, 2.75) is 32.7 Å². The van der Waals surface area contributed by atoms with Crippen LogP contribution in [-0.4, -0.2) is 62.1 Å². The van der Waals surface area contributed by atoms with Crippen LogP contribution >= 0.6 is 0 Å². The van der Waals surface area contributed by atoms with Gasteiger partial charge in [0.25, 0.3) is 5.91 Å². The Hall–Kier alpha value is -2.31. The molecular formula is C17H27N5O2. The van der Waals surface area contributed by atoms with Gasteiger partial charge in [-0.05, 0) is 31.9 Å². The topological polar surface area (TPSA) is 77.6 Å². The summed E-state index contributed by atoms with van der Waals surface area (Å²) in [5, 5.41) is 5.60. The fourth-order valence-electron chi connectivity index (χ4n) is 2.81. The second-order valence-electron chi connectivity index (χ2n) is 6.53. The van der Waals surface area contributed by atoms with E-state index in [1.807, 2.05) is 43.8 Å². The third-order valence-corrected chi connectivity index (χ3v) is 4.04. The predicted molar refractivity (Wildman–Crippen MR) is 94.6 cm³/mol. The maximum atomic E-state index is 12.2. The second kappa shape index (κ2) is 7.51. The van der Waals surface area contributed by atoms with Crippen LogP contribution in [0.3, 0.4) is 0 Å². The minimum Gasteiger partial charge on any atom is -0.362 e. The molecule has 132 valence electrons. The summed E-state index contributed by atoms with van der Waals surface area (Å²) in [4.78, 5) is 32.7. The van der Waals surface area contributed by atoms with Crippen LogP contribution < -0.4 is 15.5 Å². The lowest BCUT2D eigenvalue weighted by Crippen LogP contribution is -2.44. The molecular weight excluding hydrogens is 306 g/mol. The van der Waals surface area contributed by atoms with Gasteiger partial charge in [0.2, 0.25) is 0 Å². The summed E-state index contributed by atoms with van der Waals surface area (Å²) < 4.78 is 0. The van der Waals surface area contributed by atoms with Crippen molar-refractivity contribution in [2.24, 2.45) is 0 Å². The van der Waals surface area contributed by atoms with Crippen LogP contribution in [-0.2, 0) is 12.8 Å². The Labute approximate surface area is 143 Å². The number of hydrogen-bond acceptors (Lipinski definition) is 4. The van der Waals surface area contributed by atoms with Gasteiger partial charge in [-0.2, -0.15) is 0 Å². The normalized spacial score (nSPS) is 14.0. The highest BCUT2D eigenvalue weighted by Crippen LogP contribution is 2.23. The van der Waals surface area contributed by atoms with Gasteiger partial charge in [0, 0.05) is 52.4 Å². The lowest BCUT2D eigenvalue weighted by atomic mass is 10.0. The lowest BCUT2D eigenvalue weighted by Gasteiger charge is -2.22. The summed E-state index contributed by atoms with van der Waals surface area (Å²) in [7, 11) is 5.37. The van der Waals surface area contributed by atoms with Crippen LogP contribution in [0, 0.1) is 0 Å². The molecule has 0 saturated heterocycles. The average molecular weight is 333 g/mol. The molecule has 24 heavy (non-hydrogen) atoms. The van der Waals surface area contributed by atoms with Crippen LogP contribution in [0.1, 0.15) is 35.5 Å². The first kappa shape index (κ1) is 18.0. The highest BCUT2D eigenvalue weighted by Gasteiger charge is 2.23. The Balaban J connectivity index is 2.28. The lowest BCUT2D eigenvalue weighted by molar-refractivity contribution is 0.0963. The Morgan fingerprint density at radius 3 is 2.50 bits per heavy atom. The highest BCUT2D eigenvalue weighted by molar-refractivity contribution is 5.99. The van der Waals surface area contributed by atoms with Gasteiger partial charge in [-0.1, -0.05) is 0 Å². The smallest absolute Gasteiger partial charge is 0.317 e. The number of nitrogens with zero attached hydrogens (tertiary/aromatic N) is 3. The number of urea groups is 1. The minimum atomic E-state index is -0.146. The summed E-state index contributed by atoms with van der Waals surface area (Å²) in [6.45, 7) is 5.16. The zero-order chi connectivity index (χ0) is 17.9. The van der Waals surface area contributed by atoms with Gasteiger partial charge >= 0.3 is 6.03 Å². The third kappa shape index (κ3) is 3.96. The van der Waals surface area contributed by atoms with Gasteiger partial charge in [0.15, 0.2) is 0 Å². The van der Waals surface area contributed by atoms with E-state index in [-0.39, 0.29) is 18.0 Å². The molecule has 1 aliphatic heterocycles. The van der Waals surface area contributed by atoms with Crippen LogP contribution in [0.4, 0.5) is 10.6 Å². The second-order valence-corrected chi connectivity index (χ2v) is 6.53. The Kier molecular flexibility index (Phi) is 5.64. The number of amides is 3. The van der Waals surface area contributed by atoms with Crippen molar-refractivity contribution in [3.63, 3.8) is 0 Å². The van der Waals surface area contributed by atoms with Crippen molar-refractivity contribution in [3.8, 4) is 0 Å². The van der Waals surface area contributed by atoms with Crippen molar-refractivity contribution in [1.82, 2.24) is 20.5 Å². The molecule has 0 atom stereocenters. The van der Waals surface area contributed by atoms with Crippen molar-refractivity contribution in [3.05, 3.63) is 22.9 Å². The molecule has 1 aliphatic rings. The Morgan fingerprint density at radius 1 is 1.25 bits per heavy atom. The van der Waals surface area contributed by atoms with Crippen LogP contribution in [0.25, 0.3) is 0 Å². The van der Waals surface area contributed by atoms with Crippen molar-refractivity contribution in [1.29, 1.82) is 0 Å². The fraction of sp³-hybridized carbons (Fsp3) is 0.588. The Morgan fingerprint density at radius 2 is 1.92 bits per heavy atom. The highest BCUT2D eigenvalue weighted by atomic mass is 16.2. The molecule has 2 N–H and O–H groups in total. The van der Waals surface area contributed by atoms with Gasteiger partial charge in [-0.25, -0.2) is 9.78 Å². The maximum Gasteiger partial charge on any atom is 0.317 e. The summed E-state index contributed by atoms with van der Waals surface area (Å²) in [6, 6.07) is 1.99. The molecule has 1 aromatic heterocycles. The predicted octanol–water partition coefficient (Wildman–Crippen LogP) is 1.03. The Bertz CT molecular complexity index is 628. The molecule has 0 bridgehead atoms.